The second kappa shape index (κ2) is 6.29. The van der Waals surface area contributed by atoms with Gasteiger partial charge < -0.3 is 9.30 Å². The Kier molecular flexibility index (Phi) is 4.23. The van der Waals surface area contributed by atoms with Crippen molar-refractivity contribution in [2.45, 2.75) is 45.6 Å². The Hall–Kier alpha value is -1.84. The molecule has 0 spiro atoms. The number of hydrogen-bond acceptors (Lipinski definition) is 3. The molecule has 1 aliphatic rings. The smallest absolute Gasteiger partial charge is 0.356 e. The molecular formula is C17H22N2O2. The fourth-order valence-electron chi connectivity index (χ4n) is 3.21. The average Bonchev–Trinajstić information content (AvgIpc) is 2.91. The van der Waals surface area contributed by atoms with Crippen LogP contribution >= 0.6 is 0 Å². The van der Waals surface area contributed by atoms with Gasteiger partial charge in [0.25, 0.3) is 0 Å². The van der Waals surface area contributed by atoms with Gasteiger partial charge in [-0.15, -0.1) is 0 Å². The predicted octanol–water partition coefficient (Wildman–Crippen LogP) is 3.79. The summed E-state index contributed by atoms with van der Waals surface area (Å²) in [4.78, 5) is 16.0. The summed E-state index contributed by atoms with van der Waals surface area (Å²) >= 11 is 0. The summed E-state index contributed by atoms with van der Waals surface area (Å²) in [5.41, 5.74) is 1.49. The molecule has 0 N–H and O–H groups in total. The van der Waals surface area contributed by atoms with Gasteiger partial charge in [-0.05, 0) is 37.8 Å². The lowest BCUT2D eigenvalue weighted by Crippen LogP contribution is -2.13. The molecule has 1 aliphatic carbocycles. The Morgan fingerprint density at radius 3 is 2.95 bits per heavy atom. The topological polar surface area (TPSA) is 44.1 Å². The van der Waals surface area contributed by atoms with Crippen molar-refractivity contribution in [3.63, 3.8) is 0 Å². The van der Waals surface area contributed by atoms with Crippen molar-refractivity contribution in [2.75, 3.05) is 6.61 Å². The molecule has 112 valence electrons. The van der Waals surface area contributed by atoms with Gasteiger partial charge in [-0.1, -0.05) is 19.3 Å². The highest BCUT2D eigenvalue weighted by atomic mass is 16.5. The minimum absolute atomic E-state index is 0.348. The normalized spacial score (nSPS) is 16.2. The molecule has 0 saturated heterocycles. The van der Waals surface area contributed by atoms with Crippen LogP contribution in [0.5, 0.6) is 0 Å². The first kappa shape index (κ1) is 14.1. The quantitative estimate of drug-likeness (QED) is 0.803. The molecule has 1 saturated carbocycles. The van der Waals surface area contributed by atoms with Crippen molar-refractivity contribution in [1.82, 2.24) is 9.55 Å². The van der Waals surface area contributed by atoms with Crippen LogP contribution in [0.4, 0.5) is 0 Å². The zero-order valence-corrected chi connectivity index (χ0v) is 12.5. The van der Waals surface area contributed by atoms with Crippen LogP contribution in [-0.4, -0.2) is 22.1 Å². The van der Waals surface area contributed by atoms with Gasteiger partial charge in [0.2, 0.25) is 0 Å². The van der Waals surface area contributed by atoms with Crippen LogP contribution < -0.4 is 0 Å². The number of hydrogen-bond donors (Lipinski definition) is 0. The van der Waals surface area contributed by atoms with E-state index in [1.165, 1.54) is 32.1 Å². The number of ether oxygens (including phenoxy) is 1. The Balaban J connectivity index is 1.80. The fourth-order valence-corrected chi connectivity index (χ4v) is 3.21. The van der Waals surface area contributed by atoms with E-state index in [2.05, 4.69) is 21.8 Å². The minimum atomic E-state index is -0.348. The molecule has 0 atom stereocenters. The van der Waals surface area contributed by atoms with Crippen molar-refractivity contribution in [3.8, 4) is 0 Å². The van der Waals surface area contributed by atoms with Gasteiger partial charge in [0.15, 0.2) is 0 Å². The average molecular weight is 286 g/mol. The molecule has 4 heteroatoms. The molecule has 4 nitrogen and oxygen atoms in total. The molecule has 0 amide bonds. The minimum Gasteiger partial charge on any atom is -0.461 e. The van der Waals surface area contributed by atoms with Gasteiger partial charge in [0, 0.05) is 18.1 Å². The van der Waals surface area contributed by atoms with E-state index >= 15 is 0 Å². The molecular weight excluding hydrogens is 264 g/mol. The van der Waals surface area contributed by atoms with Crippen LogP contribution in [0.25, 0.3) is 10.9 Å². The van der Waals surface area contributed by atoms with E-state index in [0.717, 1.165) is 23.4 Å². The van der Waals surface area contributed by atoms with E-state index in [-0.39, 0.29) is 5.97 Å². The molecule has 21 heavy (non-hydrogen) atoms. The monoisotopic (exact) mass is 286 g/mol. The summed E-state index contributed by atoms with van der Waals surface area (Å²) in [5.74, 6) is 0.429. The van der Waals surface area contributed by atoms with E-state index < -0.39 is 0 Å². The molecule has 0 radical (unpaired) electrons. The van der Waals surface area contributed by atoms with E-state index in [9.17, 15) is 4.79 Å². The van der Waals surface area contributed by atoms with Gasteiger partial charge in [0.05, 0.1) is 18.3 Å². The first-order chi connectivity index (χ1) is 10.3. The van der Waals surface area contributed by atoms with Crippen LogP contribution in [0.3, 0.4) is 0 Å². The first-order valence-corrected chi connectivity index (χ1v) is 7.90. The maximum absolute atomic E-state index is 11.7. The third-order valence-corrected chi connectivity index (χ3v) is 4.32. The molecule has 0 unspecified atom stereocenters. The van der Waals surface area contributed by atoms with Crippen LogP contribution in [0, 0.1) is 5.92 Å². The zero-order chi connectivity index (χ0) is 14.7. The van der Waals surface area contributed by atoms with Crippen LogP contribution in [-0.2, 0) is 11.3 Å². The van der Waals surface area contributed by atoms with E-state index in [1.807, 2.05) is 6.07 Å². The van der Waals surface area contributed by atoms with Crippen LogP contribution in [0.2, 0.25) is 0 Å². The van der Waals surface area contributed by atoms with Crippen molar-refractivity contribution >= 4 is 16.9 Å². The van der Waals surface area contributed by atoms with Crippen molar-refractivity contribution in [2.24, 2.45) is 5.92 Å². The van der Waals surface area contributed by atoms with Gasteiger partial charge in [-0.3, -0.25) is 0 Å². The SMILES string of the molecule is CCOC(=O)c1cc2ccn(CC3CCCCC3)c2cn1. The highest BCUT2D eigenvalue weighted by Crippen LogP contribution is 2.27. The number of nitrogens with zero attached hydrogens (tertiary/aromatic N) is 2. The number of esters is 1. The van der Waals surface area contributed by atoms with Crippen LogP contribution in [0.1, 0.15) is 49.5 Å². The molecule has 0 bridgehead atoms. The summed E-state index contributed by atoms with van der Waals surface area (Å²) in [6.07, 6.45) is 10.7. The Morgan fingerprint density at radius 2 is 2.19 bits per heavy atom. The van der Waals surface area contributed by atoms with Gasteiger partial charge >= 0.3 is 5.97 Å². The highest BCUT2D eigenvalue weighted by Gasteiger charge is 2.16. The van der Waals surface area contributed by atoms with Crippen molar-refractivity contribution < 1.29 is 9.53 Å². The molecule has 2 aromatic heterocycles. The fraction of sp³-hybridized carbons (Fsp3) is 0.529. The number of fused-ring (bicyclic) bond motifs is 1. The Bertz CT molecular complexity index is 627. The molecule has 0 aromatic carbocycles. The van der Waals surface area contributed by atoms with Gasteiger partial charge in [-0.25, -0.2) is 9.78 Å². The van der Waals surface area contributed by atoms with Crippen molar-refractivity contribution in [1.29, 1.82) is 0 Å². The number of aromatic nitrogens is 2. The van der Waals surface area contributed by atoms with E-state index in [1.54, 1.807) is 13.1 Å². The Labute approximate surface area is 125 Å². The van der Waals surface area contributed by atoms with E-state index in [0.29, 0.717) is 12.3 Å². The summed E-state index contributed by atoms with van der Waals surface area (Å²) in [6.45, 7) is 3.24. The maximum atomic E-state index is 11.7. The molecule has 0 aliphatic heterocycles. The van der Waals surface area contributed by atoms with Crippen LogP contribution in [0.15, 0.2) is 24.5 Å². The Morgan fingerprint density at radius 1 is 1.38 bits per heavy atom. The number of carbonyl (C=O) groups is 1. The molecule has 3 rings (SSSR count). The standard InChI is InChI=1S/C17H22N2O2/c1-2-21-17(20)15-10-14-8-9-19(16(14)11-18-15)12-13-6-4-3-5-7-13/h8-11,13H,2-7,12H2,1H3. The lowest BCUT2D eigenvalue weighted by atomic mass is 9.89. The second-order valence-corrected chi connectivity index (χ2v) is 5.82. The predicted molar refractivity (Wildman–Crippen MR) is 82.3 cm³/mol. The van der Waals surface area contributed by atoms with Gasteiger partial charge in [-0.2, -0.15) is 0 Å². The van der Waals surface area contributed by atoms with Crippen molar-refractivity contribution in [3.05, 3.63) is 30.2 Å². The number of rotatable bonds is 4. The second-order valence-electron chi connectivity index (χ2n) is 5.82. The largest absolute Gasteiger partial charge is 0.461 e. The first-order valence-electron chi connectivity index (χ1n) is 7.90. The summed E-state index contributed by atoms with van der Waals surface area (Å²) in [6, 6.07) is 3.88. The zero-order valence-electron chi connectivity index (χ0n) is 12.5. The number of pyridine rings is 1. The van der Waals surface area contributed by atoms with Gasteiger partial charge in [0.1, 0.15) is 5.69 Å². The molecule has 2 aromatic rings. The third kappa shape index (κ3) is 3.09. The summed E-state index contributed by atoms with van der Waals surface area (Å²) < 4.78 is 7.27. The lowest BCUT2D eigenvalue weighted by Gasteiger charge is -2.22. The van der Waals surface area contributed by atoms with E-state index in [4.69, 9.17) is 4.74 Å². The summed E-state index contributed by atoms with van der Waals surface area (Å²) in [7, 11) is 0. The molecule has 1 fully saturated rings. The lowest BCUT2D eigenvalue weighted by molar-refractivity contribution is 0.0519. The third-order valence-electron chi connectivity index (χ3n) is 4.32. The molecule has 2 heterocycles. The highest BCUT2D eigenvalue weighted by molar-refractivity contribution is 5.92. The number of carbonyl (C=O) groups excluding carboxylic acids is 1. The maximum Gasteiger partial charge on any atom is 0.356 e. The summed E-state index contributed by atoms with van der Waals surface area (Å²) in [5, 5.41) is 1.06.